The number of likely N-dealkylation sites (N-methyl/N-ethyl adjacent to an activating group) is 1. The number of aliphatic hydroxyl groups excluding tert-OH is 3. The number of hydrogen-bond donors (Lipinski definition) is 11. The Balaban J connectivity index is 1.44. The van der Waals surface area contributed by atoms with E-state index in [0.29, 0.717) is 24.6 Å². The molecule has 0 radical (unpaired) electrons. The van der Waals surface area contributed by atoms with Crippen molar-refractivity contribution in [2.45, 2.75) is 112 Å². The Labute approximate surface area is 251 Å². The van der Waals surface area contributed by atoms with Gasteiger partial charge in [0.25, 0.3) is 0 Å². The fourth-order valence-electron chi connectivity index (χ4n) is 6.26. The summed E-state index contributed by atoms with van der Waals surface area (Å²) >= 11 is 0. The predicted molar refractivity (Wildman–Crippen MR) is 154 cm³/mol. The van der Waals surface area contributed by atoms with E-state index in [2.05, 4.69) is 16.0 Å². The molecule has 2 aliphatic carbocycles. The van der Waals surface area contributed by atoms with Crippen molar-refractivity contribution in [3.8, 4) is 0 Å². The van der Waals surface area contributed by atoms with E-state index in [0.717, 1.165) is 19.4 Å². The Morgan fingerprint density at radius 1 is 1.12 bits per heavy atom. The van der Waals surface area contributed by atoms with Gasteiger partial charge in [0.15, 0.2) is 6.29 Å². The number of carbonyl (C=O) groups excluding carboxylic acids is 1. The Bertz CT molecular complexity index is 956. The summed E-state index contributed by atoms with van der Waals surface area (Å²) in [6.45, 7) is 2.32. The van der Waals surface area contributed by atoms with Crippen LogP contribution < -0.4 is 38.9 Å². The minimum Gasteiger partial charge on any atom is -0.467 e. The van der Waals surface area contributed by atoms with Gasteiger partial charge in [-0.05, 0) is 58.2 Å². The van der Waals surface area contributed by atoms with Gasteiger partial charge in [-0.2, -0.15) is 0 Å². The number of hydrogen-bond acceptors (Lipinski definition) is 15. The third-order valence-corrected chi connectivity index (χ3v) is 8.83. The first-order valence-electron chi connectivity index (χ1n) is 15.0. The Morgan fingerprint density at radius 2 is 1.81 bits per heavy atom. The van der Waals surface area contributed by atoms with Gasteiger partial charge in [-0.25, -0.2) is 0 Å². The molecule has 0 aromatic heterocycles. The number of carbonyl (C=O) groups is 1. The van der Waals surface area contributed by atoms with Crippen molar-refractivity contribution in [3.63, 3.8) is 0 Å². The van der Waals surface area contributed by atoms with Crippen molar-refractivity contribution in [2.24, 2.45) is 28.9 Å². The van der Waals surface area contributed by atoms with Crippen molar-refractivity contribution >= 4 is 5.91 Å². The molecule has 1 amide bonds. The molecule has 12 atom stereocenters. The monoisotopic (exact) mass is 617 g/mol. The number of amides is 1. The lowest BCUT2D eigenvalue weighted by Gasteiger charge is -2.48. The standard InChI is InChI=1S/C27H51N7O9/c1-27(39)11-40-26(20(37)23(27)32-2)43-22-17(34-24(38)18(35)8-28)7-16(31)21(19(22)36)42-25-15(30)4-3-14(41-25)10-33-9-12-5-13(29)6-12/h3,12-13,15-23,25-26,32-33,35-37,39H,4-11,28-31H2,1-2H3,(H,34,38)/t12?,13?,15-,16+,17-,18+,19+,20-,21-,22+,23-,25-,26-,27+/m1/s1. The van der Waals surface area contributed by atoms with E-state index in [9.17, 15) is 25.2 Å². The van der Waals surface area contributed by atoms with Gasteiger partial charge in [-0.1, -0.05) is 0 Å². The fraction of sp³-hybridized carbons (Fsp3) is 0.889. The third kappa shape index (κ3) is 8.21. The number of rotatable bonds is 12. The second-order valence-corrected chi connectivity index (χ2v) is 12.5. The highest BCUT2D eigenvalue weighted by atomic mass is 16.7. The van der Waals surface area contributed by atoms with E-state index in [1.807, 2.05) is 6.08 Å². The van der Waals surface area contributed by atoms with Gasteiger partial charge >= 0.3 is 0 Å². The molecule has 15 N–H and O–H groups in total. The van der Waals surface area contributed by atoms with Crippen LogP contribution in [-0.4, -0.2) is 139 Å². The molecule has 0 spiro atoms. The van der Waals surface area contributed by atoms with Gasteiger partial charge in [0.05, 0.1) is 31.3 Å². The van der Waals surface area contributed by atoms with Crippen LogP contribution in [0.3, 0.4) is 0 Å². The first-order valence-corrected chi connectivity index (χ1v) is 15.0. The molecule has 248 valence electrons. The number of ether oxygens (including phenoxy) is 4. The molecule has 43 heavy (non-hydrogen) atoms. The molecule has 4 rings (SSSR count). The number of nitrogens with one attached hydrogen (secondary N) is 3. The van der Waals surface area contributed by atoms with E-state index in [-0.39, 0.29) is 25.6 Å². The maximum atomic E-state index is 12.6. The SMILES string of the molecule is CN[C@@H]1[C@@H](O)[C@@H](O[C@@H]2[C@@H](O)[C@H](O[C@H]3OC(CNCC4CC(N)C4)=CC[C@H]3N)[C@@H](N)C[C@H]2NC(=O)[C@@H](O)CN)OC[C@]1(C)O. The first kappa shape index (κ1) is 34.4. The molecule has 2 aliphatic heterocycles. The average molecular weight is 618 g/mol. The molecular weight excluding hydrogens is 566 g/mol. The van der Waals surface area contributed by atoms with Crippen LogP contribution in [0, 0.1) is 5.92 Å². The Morgan fingerprint density at radius 3 is 2.47 bits per heavy atom. The first-order chi connectivity index (χ1) is 20.3. The van der Waals surface area contributed by atoms with E-state index in [4.69, 9.17) is 41.9 Å². The maximum absolute atomic E-state index is 12.6. The summed E-state index contributed by atoms with van der Waals surface area (Å²) < 4.78 is 24.0. The van der Waals surface area contributed by atoms with Crippen LogP contribution >= 0.6 is 0 Å². The van der Waals surface area contributed by atoms with Crippen LogP contribution in [0.5, 0.6) is 0 Å². The lowest BCUT2D eigenvalue weighted by Crippen LogP contribution is -2.69. The zero-order chi connectivity index (χ0) is 31.5. The molecular formula is C27H51N7O9. The highest BCUT2D eigenvalue weighted by Gasteiger charge is 2.52. The van der Waals surface area contributed by atoms with Crippen LogP contribution in [0.1, 0.15) is 32.6 Å². The van der Waals surface area contributed by atoms with Crippen LogP contribution in [0.2, 0.25) is 0 Å². The van der Waals surface area contributed by atoms with Gasteiger partial charge < -0.3 is 78.3 Å². The summed E-state index contributed by atoms with van der Waals surface area (Å²) in [5.74, 6) is 0.429. The van der Waals surface area contributed by atoms with Gasteiger partial charge in [-0.15, -0.1) is 0 Å². The third-order valence-electron chi connectivity index (χ3n) is 8.83. The second kappa shape index (κ2) is 14.7. The molecule has 16 nitrogen and oxygen atoms in total. The minimum atomic E-state index is -1.49. The Kier molecular flexibility index (Phi) is 11.8. The summed E-state index contributed by atoms with van der Waals surface area (Å²) in [5, 5.41) is 52.0. The maximum Gasteiger partial charge on any atom is 0.250 e. The number of aliphatic hydroxyl groups is 4. The van der Waals surface area contributed by atoms with Crippen molar-refractivity contribution in [2.75, 3.05) is 33.3 Å². The lowest BCUT2D eigenvalue weighted by atomic mass is 9.81. The van der Waals surface area contributed by atoms with Crippen molar-refractivity contribution in [3.05, 3.63) is 11.8 Å². The molecule has 0 unspecified atom stereocenters. The largest absolute Gasteiger partial charge is 0.467 e. The predicted octanol–water partition coefficient (Wildman–Crippen LogP) is -5.01. The van der Waals surface area contributed by atoms with Crippen LogP contribution in [0.15, 0.2) is 11.8 Å². The van der Waals surface area contributed by atoms with Crippen molar-refractivity contribution in [1.82, 2.24) is 16.0 Å². The zero-order valence-electron chi connectivity index (χ0n) is 24.9. The molecule has 3 fully saturated rings. The van der Waals surface area contributed by atoms with E-state index < -0.39 is 78.8 Å². The summed E-state index contributed by atoms with van der Waals surface area (Å²) in [6.07, 6.45) is -4.28. The van der Waals surface area contributed by atoms with E-state index >= 15 is 0 Å². The topological polar surface area (TPSA) is 275 Å². The normalized spacial score (nSPS) is 44.1. The average Bonchev–Trinajstić information content (AvgIpc) is 2.94. The molecule has 2 heterocycles. The van der Waals surface area contributed by atoms with E-state index in [1.54, 1.807) is 7.05 Å². The highest BCUT2D eigenvalue weighted by molar-refractivity contribution is 5.81. The number of nitrogens with two attached hydrogens (primary N) is 4. The summed E-state index contributed by atoms with van der Waals surface area (Å²) in [4.78, 5) is 12.6. The van der Waals surface area contributed by atoms with Crippen LogP contribution in [-0.2, 0) is 23.7 Å². The molecule has 0 bridgehead atoms. The quantitative estimate of drug-likeness (QED) is 0.0978. The Hall–Kier alpha value is -1.51. The van der Waals surface area contributed by atoms with Crippen molar-refractivity contribution in [1.29, 1.82) is 0 Å². The minimum absolute atomic E-state index is 0.0706. The van der Waals surface area contributed by atoms with Gasteiger partial charge in [0, 0.05) is 18.6 Å². The summed E-state index contributed by atoms with van der Waals surface area (Å²) in [5.41, 5.74) is 22.7. The molecule has 0 aromatic carbocycles. The highest BCUT2D eigenvalue weighted by Crippen LogP contribution is 2.32. The fourth-order valence-corrected chi connectivity index (χ4v) is 6.26. The van der Waals surface area contributed by atoms with Crippen molar-refractivity contribution < 1.29 is 44.2 Å². The van der Waals surface area contributed by atoms with Crippen LogP contribution in [0.4, 0.5) is 0 Å². The van der Waals surface area contributed by atoms with E-state index in [1.165, 1.54) is 6.92 Å². The molecule has 0 aromatic rings. The lowest BCUT2D eigenvalue weighted by molar-refractivity contribution is -0.304. The second-order valence-electron chi connectivity index (χ2n) is 12.5. The molecule has 4 aliphatic rings. The smallest absolute Gasteiger partial charge is 0.250 e. The van der Waals surface area contributed by atoms with Gasteiger partial charge in [0.2, 0.25) is 12.2 Å². The van der Waals surface area contributed by atoms with Gasteiger partial charge in [0.1, 0.15) is 41.9 Å². The molecule has 2 saturated carbocycles. The summed E-state index contributed by atoms with van der Waals surface area (Å²) in [6, 6.07) is -2.79. The molecule has 1 saturated heterocycles. The van der Waals surface area contributed by atoms with Gasteiger partial charge in [-0.3, -0.25) is 4.79 Å². The molecule has 16 heteroatoms. The summed E-state index contributed by atoms with van der Waals surface area (Å²) in [7, 11) is 1.58. The zero-order valence-corrected chi connectivity index (χ0v) is 24.9. The van der Waals surface area contributed by atoms with Crippen LogP contribution in [0.25, 0.3) is 0 Å².